The number of rotatable bonds is 2. The monoisotopic (exact) mass is 270 g/mol. The molecule has 2 N–H and O–H groups in total. The molecule has 5 nitrogen and oxygen atoms in total. The highest BCUT2D eigenvalue weighted by Gasteiger charge is 2.12. The predicted molar refractivity (Wildman–Crippen MR) is 72.1 cm³/mol. The summed E-state index contributed by atoms with van der Waals surface area (Å²) in [6.45, 7) is 1.68. The molecule has 0 radical (unpaired) electrons. The average Bonchev–Trinajstić information content (AvgIpc) is 2.92. The van der Waals surface area contributed by atoms with Crippen LogP contribution in [-0.2, 0) is 0 Å². The van der Waals surface area contributed by atoms with Gasteiger partial charge in [0.2, 0.25) is 5.82 Å². The van der Waals surface area contributed by atoms with E-state index in [0.717, 1.165) is 0 Å². The number of halogens is 1. The summed E-state index contributed by atoms with van der Waals surface area (Å²) in [5.74, 6) is 0.418. The van der Waals surface area contributed by atoms with E-state index >= 15 is 0 Å². The standard InChI is InChI=1S/C14H11FN4O/c1-8-6-9(2-4-11(8)15)13-18-14(20-19-13)12-5-3-10(16)7-17-12/h2-7H,16H2,1H3. The second kappa shape index (κ2) is 4.73. The van der Waals surface area contributed by atoms with E-state index in [4.69, 9.17) is 10.3 Å². The first kappa shape index (κ1) is 12.3. The van der Waals surface area contributed by atoms with E-state index < -0.39 is 0 Å². The molecule has 1 aromatic carbocycles. The lowest BCUT2D eigenvalue weighted by Crippen LogP contribution is -1.89. The van der Waals surface area contributed by atoms with Gasteiger partial charge in [-0.1, -0.05) is 5.16 Å². The molecule has 0 spiro atoms. The molecule has 3 rings (SSSR count). The Bertz CT molecular complexity index is 752. The van der Waals surface area contributed by atoms with Crippen LogP contribution in [0.4, 0.5) is 10.1 Å². The van der Waals surface area contributed by atoms with Crippen molar-refractivity contribution in [3.8, 4) is 23.0 Å². The summed E-state index contributed by atoms with van der Waals surface area (Å²) in [7, 11) is 0. The Morgan fingerprint density at radius 3 is 2.75 bits per heavy atom. The molecular formula is C14H11FN4O. The van der Waals surface area contributed by atoms with Gasteiger partial charge in [-0.2, -0.15) is 4.98 Å². The van der Waals surface area contributed by atoms with E-state index in [1.54, 1.807) is 31.2 Å². The Morgan fingerprint density at radius 2 is 2.05 bits per heavy atom. The first-order valence-corrected chi connectivity index (χ1v) is 5.95. The van der Waals surface area contributed by atoms with Crippen LogP contribution < -0.4 is 5.73 Å². The van der Waals surface area contributed by atoms with Gasteiger partial charge in [-0.3, -0.25) is 0 Å². The molecule has 0 unspecified atom stereocenters. The molecule has 20 heavy (non-hydrogen) atoms. The van der Waals surface area contributed by atoms with E-state index in [9.17, 15) is 4.39 Å². The zero-order chi connectivity index (χ0) is 14.1. The lowest BCUT2D eigenvalue weighted by molar-refractivity contribution is 0.431. The van der Waals surface area contributed by atoms with Crippen molar-refractivity contribution in [2.24, 2.45) is 0 Å². The van der Waals surface area contributed by atoms with Crippen LogP contribution in [0.5, 0.6) is 0 Å². The molecule has 0 saturated heterocycles. The molecular weight excluding hydrogens is 259 g/mol. The fourth-order valence-electron chi connectivity index (χ4n) is 1.76. The van der Waals surface area contributed by atoms with Crippen molar-refractivity contribution < 1.29 is 8.91 Å². The van der Waals surface area contributed by atoms with Gasteiger partial charge >= 0.3 is 0 Å². The summed E-state index contributed by atoms with van der Waals surface area (Å²) in [6.07, 6.45) is 1.52. The number of anilines is 1. The fraction of sp³-hybridized carbons (Fsp3) is 0.0714. The number of aryl methyl sites for hydroxylation is 1. The maximum absolute atomic E-state index is 13.2. The Balaban J connectivity index is 1.97. The molecule has 0 atom stereocenters. The summed E-state index contributed by atoms with van der Waals surface area (Å²) in [5.41, 5.74) is 7.88. The molecule has 0 saturated carbocycles. The van der Waals surface area contributed by atoms with Crippen LogP contribution in [0.15, 0.2) is 41.1 Å². The first-order chi connectivity index (χ1) is 9.63. The minimum Gasteiger partial charge on any atom is -0.397 e. The van der Waals surface area contributed by atoms with Crippen LogP contribution in [0.25, 0.3) is 23.0 Å². The van der Waals surface area contributed by atoms with Crippen LogP contribution in [0.1, 0.15) is 5.56 Å². The lowest BCUT2D eigenvalue weighted by Gasteiger charge is -1.98. The van der Waals surface area contributed by atoms with Crippen LogP contribution >= 0.6 is 0 Å². The topological polar surface area (TPSA) is 77.8 Å². The lowest BCUT2D eigenvalue weighted by atomic mass is 10.1. The van der Waals surface area contributed by atoms with Gasteiger partial charge < -0.3 is 10.3 Å². The number of hydrogen-bond donors (Lipinski definition) is 1. The SMILES string of the molecule is Cc1cc(-c2noc(-c3ccc(N)cn3)n2)ccc1F. The molecule has 100 valence electrons. The summed E-state index contributed by atoms with van der Waals surface area (Å²) in [6, 6.07) is 8.05. The third kappa shape index (κ3) is 2.23. The molecule has 0 amide bonds. The minimum absolute atomic E-state index is 0.266. The van der Waals surface area contributed by atoms with Crippen LogP contribution in [0.2, 0.25) is 0 Å². The second-order valence-electron chi connectivity index (χ2n) is 4.36. The van der Waals surface area contributed by atoms with Crippen LogP contribution in [0, 0.1) is 12.7 Å². The van der Waals surface area contributed by atoms with Gasteiger partial charge in [0.25, 0.3) is 5.89 Å². The van der Waals surface area contributed by atoms with E-state index in [1.807, 2.05) is 0 Å². The zero-order valence-corrected chi connectivity index (χ0v) is 10.7. The molecule has 0 fully saturated rings. The van der Waals surface area contributed by atoms with E-state index in [0.29, 0.717) is 34.2 Å². The maximum Gasteiger partial charge on any atom is 0.276 e. The maximum atomic E-state index is 13.2. The van der Waals surface area contributed by atoms with Crippen molar-refractivity contribution in [2.75, 3.05) is 5.73 Å². The van der Waals surface area contributed by atoms with Gasteiger partial charge in [0.15, 0.2) is 0 Å². The number of nitrogens with two attached hydrogens (primary N) is 1. The molecule has 0 bridgehead atoms. The van der Waals surface area contributed by atoms with Gasteiger partial charge in [0.1, 0.15) is 11.5 Å². The van der Waals surface area contributed by atoms with Gasteiger partial charge in [-0.15, -0.1) is 0 Å². The molecule has 2 aromatic heterocycles. The smallest absolute Gasteiger partial charge is 0.276 e. The Morgan fingerprint density at radius 1 is 1.20 bits per heavy atom. The normalized spacial score (nSPS) is 10.7. The van der Waals surface area contributed by atoms with Crippen LogP contribution in [-0.4, -0.2) is 15.1 Å². The summed E-state index contributed by atoms with van der Waals surface area (Å²) in [4.78, 5) is 8.35. The largest absolute Gasteiger partial charge is 0.397 e. The molecule has 6 heteroatoms. The van der Waals surface area contributed by atoms with Gasteiger partial charge in [0.05, 0.1) is 11.9 Å². The average molecular weight is 270 g/mol. The molecule has 0 aliphatic heterocycles. The van der Waals surface area contributed by atoms with E-state index in [1.165, 1.54) is 12.3 Å². The molecule has 3 aromatic rings. The number of benzene rings is 1. The summed E-state index contributed by atoms with van der Waals surface area (Å²) >= 11 is 0. The van der Waals surface area contributed by atoms with Gasteiger partial charge in [-0.25, -0.2) is 9.37 Å². The number of hydrogen-bond acceptors (Lipinski definition) is 5. The Labute approximate surface area is 114 Å². The van der Waals surface area contributed by atoms with Crippen molar-refractivity contribution in [1.29, 1.82) is 0 Å². The van der Waals surface area contributed by atoms with Gasteiger partial charge in [0, 0.05) is 5.56 Å². The quantitative estimate of drug-likeness (QED) is 0.774. The Kier molecular flexibility index (Phi) is 2.90. The van der Waals surface area contributed by atoms with E-state index in [-0.39, 0.29) is 5.82 Å². The van der Waals surface area contributed by atoms with Crippen LogP contribution in [0.3, 0.4) is 0 Å². The highest BCUT2D eigenvalue weighted by molar-refractivity contribution is 5.59. The van der Waals surface area contributed by atoms with Crippen molar-refractivity contribution in [1.82, 2.24) is 15.1 Å². The Hall–Kier alpha value is -2.76. The van der Waals surface area contributed by atoms with Gasteiger partial charge in [-0.05, 0) is 42.8 Å². The van der Waals surface area contributed by atoms with Crippen molar-refractivity contribution in [3.05, 3.63) is 47.9 Å². The molecule has 0 aliphatic carbocycles. The number of aromatic nitrogens is 3. The number of pyridine rings is 1. The first-order valence-electron chi connectivity index (χ1n) is 5.95. The fourth-order valence-corrected chi connectivity index (χ4v) is 1.76. The highest BCUT2D eigenvalue weighted by atomic mass is 19.1. The van der Waals surface area contributed by atoms with Crippen molar-refractivity contribution >= 4 is 5.69 Å². The summed E-state index contributed by atoms with van der Waals surface area (Å²) < 4.78 is 18.4. The zero-order valence-electron chi connectivity index (χ0n) is 10.7. The molecule has 2 heterocycles. The number of nitrogen functional groups attached to an aromatic ring is 1. The molecule has 0 aliphatic rings. The minimum atomic E-state index is -0.266. The van der Waals surface area contributed by atoms with E-state index in [2.05, 4.69) is 15.1 Å². The number of nitrogens with zero attached hydrogens (tertiary/aromatic N) is 3. The third-order valence-electron chi connectivity index (χ3n) is 2.85. The third-order valence-corrected chi connectivity index (χ3v) is 2.85. The highest BCUT2D eigenvalue weighted by Crippen LogP contribution is 2.22. The van der Waals surface area contributed by atoms with Crippen molar-refractivity contribution in [3.63, 3.8) is 0 Å². The second-order valence-corrected chi connectivity index (χ2v) is 4.36. The predicted octanol–water partition coefficient (Wildman–Crippen LogP) is 2.83. The summed E-state index contributed by atoms with van der Waals surface area (Å²) in [5, 5.41) is 3.88. The van der Waals surface area contributed by atoms with Crippen molar-refractivity contribution in [2.45, 2.75) is 6.92 Å².